The van der Waals surface area contributed by atoms with E-state index in [2.05, 4.69) is 10.5 Å². The van der Waals surface area contributed by atoms with E-state index in [-0.39, 0.29) is 6.61 Å². The minimum Gasteiger partial charge on any atom is -0.493 e. The van der Waals surface area contributed by atoms with Crippen molar-refractivity contribution in [3.8, 4) is 23.0 Å². The number of carbonyl (C=O) groups is 1. The summed E-state index contributed by atoms with van der Waals surface area (Å²) in [5, 5.41) is 4.69. The molecule has 0 spiro atoms. The number of hydrogen-bond acceptors (Lipinski definition) is 6. The first kappa shape index (κ1) is 20.7. The smallest absolute Gasteiger partial charge is 0.277 e. The Hall–Kier alpha value is -2.64. The van der Waals surface area contributed by atoms with Crippen LogP contribution in [0.2, 0.25) is 10.0 Å². The molecule has 0 fully saturated rings. The minimum absolute atomic E-state index is 0.271. The van der Waals surface area contributed by atoms with Gasteiger partial charge in [0.1, 0.15) is 5.75 Å². The van der Waals surface area contributed by atoms with Gasteiger partial charge in [0.2, 0.25) is 5.75 Å². The van der Waals surface area contributed by atoms with E-state index in [1.54, 1.807) is 24.3 Å². The number of carbonyl (C=O) groups excluding carboxylic acids is 1. The van der Waals surface area contributed by atoms with Gasteiger partial charge in [0, 0.05) is 16.7 Å². The van der Waals surface area contributed by atoms with Crippen LogP contribution in [0.3, 0.4) is 0 Å². The van der Waals surface area contributed by atoms with E-state index in [0.717, 1.165) is 0 Å². The van der Waals surface area contributed by atoms with Gasteiger partial charge >= 0.3 is 0 Å². The summed E-state index contributed by atoms with van der Waals surface area (Å²) in [6, 6.07) is 8.12. The van der Waals surface area contributed by atoms with E-state index < -0.39 is 5.91 Å². The van der Waals surface area contributed by atoms with E-state index in [1.807, 2.05) is 0 Å². The highest BCUT2D eigenvalue weighted by atomic mass is 35.5. The Kier molecular flexibility index (Phi) is 7.57. The molecule has 0 aliphatic carbocycles. The molecule has 0 saturated carbocycles. The third kappa shape index (κ3) is 5.67. The van der Waals surface area contributed by atoms with E-state index in [0.29, 0.717) is 38.6 Å². The third-order valence-electron chi connectivity index (χ3n) is 3.34. The van der Waals surface area contributed by atoms with Gasteiger partial charge in [-0.2, -0.15) is 5.10 Å². The quantitative estimate of drug-likeness (QED) is 0.529. The second-order valence-corrected chi connectivity index (χ2v) is 5.96. The predicted molar refractivity (Wildman–Crippen MR) is 104 cm³/mol. The molecule has 0 unspecified atom stereocenters. The Bertz CT molecular complexity index is 817. The molecule has 9 heteroatoms. The molecule has 0 heterocycles. The number of methoxy groups -OCH3 is 3. The van der Waals surface area contributed by atoms with Crippen molar-refractivity contribution in [1.82, 2.24) is 5.43 Å². The number of nitrogens with zero attached hydrogens (tertiary/aromatic N) is 1. The second kappa shape index (κ2) is 9.89. The molecular formula is C18H18Cl2N2O5. The van der Waals surface area contributed by atoms with Crippen LogP contribution in [0.25, 0.3) is 0 Å². The standard InChI is InChI=1S/C18H18Cl2N2O5/c1-24-15-6-11(7-16(25-2)18(15)26-3)9-21-22-17(23)10-27-14-8-12(19)4-5-13(14)20/h4-9H,10H2,1-3H3,(H,22,23)/b21-9+. The zero-order chi connectivity index (χ0) is 19.8. The Morgan fingerprint density at radius 1 is 1.04 bits per heavy atom. The lowest BCUT2D eigenvalue weighted by molar-refractivity contribution is -0.123. The van der Waals surface area contributed by atoms with Crippen molar-refractivity contribution < 1.29 is 23.7 Å². The molecule has 7 nitrogen and oxygen atoms in total. The molecular weight excluding hydrogens is 395 g/mol. The van der Waals surface area contributed by atoms with Crippen LogP contribution >= 0.6 is 23.2 Å². The lowest BCUT2D eigenvalue weighted by atomic mass is 10.2. The molecule has 2 rings (SSSR count). The van der Waals surface area contributed by atoms with Gasteiger partial charge in [0.25, 0.3) is 5.91 Å². The molecule has 0 radical (unpaired) electrons. The van der Waals surface area contributed by atoms with Crippen molar-refractivity contribution in [2.75, 3.05) is 27.9 Å². The van der Waals surface area contributed by atoms with Crippen LogP contribution in [0.1, 0.15) is 5.56 Å². The van der Waals surface area contributed by atoms with Crippen molar-refractivity contribution in [1.29, 1.82) is 0 Å². The highest BCUT2D eigenvalue weighted by Crippen LogP contribution is 2.37. The van der Waals surface area contributed by atoms with Crippen molar-refractivity contribution >= 4 is 35.3 Å². The molecule has 0 aromatic heterocycles. The van der Waals surface area contributed by atoms with Gasteiger partial charge in [-0.3, -0.25) is 4.79 Å². The summed E-state index contributed by atoms with van der Waals surface area (Å²) in [4.78, 5) is 11.9. The van der Waals surface area contributed by atoms with Crippen LogP contribution in [-0.4, -0.2) is 40.1 Å². The first-order chi connectivity index (χ1) is 13.0. The highest BCUT2D eigenvalue weighted by Gasteiger charge is 2.12. The molecule has 0 aliphatic heterocycles. The van der Waals surface area contributed by atoms with Gasteiger partial charge < -0.3 is 18.9 Å². The van der Waals surface area contributed by atoms with E-state index in [4.69, 9.17) is 42.1 Å². The lowest BCUT2D eigenvalue weighted by Gasteiger charge is -2.12. The third-order valence-corrected chi connectivity index (χ3v) is 3.89. The molecule has 27 heavy (non-hydrogen) atoms. The van der Waals surface area contributed by atoms with Crippen molar-refractivity contribution in [3.05, 3.63) is 45.9 Å². The molecule has 2 aromatic carbocycles. The molecule has 2 aromatic rings. The summed E-state index contributed by atoms with van der Waals surface area (Å²) in [6.45, 7) is -0.271. The van der Waals surface area contributed by atoms with E-state index >= 15 is 0 Å². The summed E-state index contributed by atoms with van der Waals surface area (Å²) in [5.41, 5.74) is 3.00. The van der Waals surface area contributed by atoms with Gasteiger partial charge in [-0.25, -0.2) is 5.43 Å². The lowest BCUT2D eigenvalue weighted by Crippen LogP contribution is -2.24. The molecule has 1 N–H and O–H groups in total. The molecule has 144 valence electrons. The fraction of sp³-hybridized carbons (Fsp3) is 0.222. The van der Waals surface area contributed by atoms with Gasteiger partial charge in [0.05, 0.1) is 32.6 Å². The van der Waals surface area contributed by atoms with Crippen LogP contribution in [-0.2, 0) is 4.79 Å². The summed E-state index contributed by atoms with van der Waals surface area (Å²) >= 11 is 11.8. The van der Waals surface area contributed by atoms with Gasteiger partial charge in [-0.1, -0.05) is 23.2 Å². The fourth-order valence-electron chi connectivity index (χ4n) is 2.12. The number of halogens is 2. The summed E-state index contributed by atoms with van der Waals surface area (Å²) in [5.74, 6) is 1.27. The van der Waals surface area contributed by atoms with Crippen LogP contribution in [0.5, 0.6) is 23.0 Å². The maximum Gasteiger partial charge on any atom is 0.277 e. The number of amides is 1. The molecule has 1 amide bonds. The highest BCUT2D eigenvalue weighted by molar-refractivity contribution is 6.34. The van der Waals surface area contributed by atoms with Crippen molar-refractivity contribution in [2.45, 2.75) is 0 Å². The topological polar surface area (TPSA) is 78.4 Å². The largest absolute Gasteiger partial charge is 0.493 e. The van der Waals surface area contributed by atoms with Crippen LogP contribution < -0.4 is 24.4 Å². The zero-order valence-corrected chi connectivity index (χ0v) is 16.4. The minimum atomic E-state index is -0.463. The Balaban J connectivity index is 1.98. The average Bonchev–Trinajstić information content (AvgIpc) is 2.67. The number of hydrazone groups is 1. The molecule has 0 bridgehead atoms. The number of nitrogens with one attached hydrogen (secondary N) is 1. The Morgan fingerprint density at radius 2 is 1.70 bits per heavy atom. The van der Waals surface area contributed by atoms with Crippen LogP contribution in [0, 0.1) is 0 Å². The molecule has 0 saturated heterocycles. The van der Waals surface area contributed by atoms with Gasteiger partial charge in [-0.15, -0.1) is 0 Å². The summed E-state index contributed by atoms with van der Waals surface area (Å²) in [7, 11) is 4.54. The van der Waals surface area contributed by atoms with Gasteiger partial charge in [0.15, 0.2) is 18.1 Å². The average molecular weight is 413 g/mol. The predicted octanol–water partition coefficient (Wildman–Crippen LogP) is 3.55. The summed E-state index contributed by atoms with van der Waals surface area (Å²) in [6.07, 6.45) is 1.44. The second-order valence-electron chi connectivity index (χ2n) is 5.12. The number of hydrogen-bond donors (Lipinski definition) is 1. The Morgan fingerprint density at radius 3 is 2.30 bits per heavy atom. The SMILES string of the molecule is COc1cc(/C=N/NC(=O)COc2cc(Cl)ccc2Cl)cc(OC)c1OC. The fourth-order valence-corrected chi connectivity index (χ4v) is 2.45. The zero-order valence-electron chi connectivity index (χ0n) is 14.9. The monoisotopic (exact) mass is 412 g/mol. The number of rotatable bonds is 8. The summed E-state index contributed by atoms with van der Waals surface area (Å²) < 4.78 is 21.1. The first-order valence-electron chi connectivity index (χ1n) is 7.68. The van der Waals surface area contributed by atoms with Crippen molar-refractivity contribution in [3.63, 3.8) is 0 Å². The maximum atomic E-state index is 11.9. The van der Waals surface area contributed by atoms with Crippen LogP contribution in [0.15, 0.2) is 35.4 Å². The molecule has 0 aliphatic rings. The maximum absolute atomic E-state index is 11.9. The van der Waals surface area contributed by atoms with Gasteiger partial charge in [-0.05, 0) is 24.3 Å². The van der Waals surface area contributed by atoms with Crippen LogP contribution in [0.4, 0.5) is 0 Å². The van der Waals surface area contributed by atoms with Crippen molar-refractivity contribution in [2.24, 2.45) is 5.10 Å². The number of benzene rings is 2. The van der Waals surface area contributed by atoms with E-state index in [9.17, 15) is 4.79 Å². The normalized spacial score (nSPS) is 10.6. The number of ether oxygens (including phenoxy) is 4. The first-order valence-corrected chi connectivity index (χ1v) is 8.43. The van der Waals surface area contributed by atoms with E-state index in [1.165, 1.54) is 33.6 Å². The molecule has 0 atom stereocenters. The Labute approximate surface area is 166 Å².